The zero-order valence-corrected chi connectivity index (χ0v) is 14.0. The van der Waals surface area contributed by atoms with Crippen molar-refractivity contribution in [2.45, 2.75) is 25.8 Å². The van der Waals surface area contributed by atoms with E-state index in [9.17, 15) is 4.79 Å². The topological polar surface area (TPSA) is 59.6 Å². The molecular weight excluding hydrogens is 306 g/mol. The predicted molar refractivity (Wildman–Crippen MR) is 91.1 cm³/mol. The van der Waals surface area contributed by atoms with Crippen molar-refractivity contribution in [2.75, 3.05) is 39.4 Å². The van der Waals surface area contributed by atoms with Crippen molar-refractivity contribution in [2.24, 2.45) is 5.92 Å². The lowest BCUT2D eigenvalue weighted by Gasteiger charge is -2.27. The minimum absolute atomic E-state index is 0.00557. The third-order valence-electron chi connectivity index (χ3n) is 5.24. The van der Waals surface area contributed by atoms with E-state index in [0.717, 1.165) is 56.2 Å². The van der Waals surface area contributed by atoms with Gasteiger partial charge >= 0.3 is 0 Å². The first-order chi connectivity index (χ1) is 11.8. The van der Waals surface area contributed by atoms with E-state index >= 15 is 0 Å². The van der Waals surface area contributed by atoms with E-state index in [0.29, 0.717) is 12.5 Å². The third-order valence-corrected chi connectivity index (χ3v) is 5.24. The smallest absolute Gasteiger partial charge is 0.268 e. The number of nitrogens with one attached hydrogen (secondary N) is 1. The van der Waals surface area contributed by atoms with Crippen molar-refractivity contribution in [3.05, 3.63) is 24.1 Å². The molecule has 6 heteroatoms. The second-order valence-corrected chi connectivity index (χ2v) is 6.82. The standard InChI is InChI=1S/C18H25N3O3/c22-18(19-5-6-20-7-10-23-11-8-20)16-12-17-15(4-9-24-17)21(16)13-14-2-1-3-14/h4,9,12,14H,1-3,5-8,10-11,13H2,(H,19,22). The van der Waals surface area contributed by atoms with E-state index in [2.05, 4.69) is 14.8 Å². The normalized spacial score (nSPS) is 19.5. The lowest BCUT2D eigenvalue weighted by Crippen LogP contribution is -2.41. The molecule has 2 aromatic rings. The first kappa shape index (κ1) is 15.7. The molecule has 0 spiro atoms. The van der Waals surface area contributed by atoms with Crippen LogP contribution in [-0.4, -0.2) is 54.8 Å². The van der Waals surface area contributed by atoms with Crippen molar-refractivity contribution in [1.82, 2.24) is 14.8 Å². The monoisotopic (exact) mass is 331 g/mol. The summed E-state index contributed by atoms with van der Waals surface area (Å²) < 4.78 is 13.0. The third kappa shape index (κ3) is 3.21. The van der Waals surface area contributed by atoms with Gasteiger partial charge in [-0.05, 0) is 18.8 Å². The molecule has 6 nitrogen and oxygen atoms in total. The van der Waals surface area contributed by atoms with Crippen LogP contribution in [0.2, 0.25) is 0 Å². The number of hydrogen-bond acceptors (Lipinski definition) is 4. The zero-order valence-electron chi connectivity index (χ0n) is 14.0. The fourth-order valence-electron chi connectivity index (χ4n) is 3.54. The van der Waals surface area contributed by atoms with Gasteiger partial charge in [0.2, 0.25) is 0 Å². The van der Waals surface area contributed by atoms with Gasteiger partial charge in [-0.25, -0.2) is 0 Å². The highest BCUT2D eigenvalue weighted by atomic mass is 16.5. The molecule has 1 aliphatic carbocycles. The van der Waals surface area contributed by atoms with Gasteiger partial charge in [0.15, 0.2) is 5.58 Å². The molecule has 130 valence electrons. The van der Waals surface area contributed by atoms with Crippen molar-refractivity contribution >= 4 is 17.0 Å². The second-order valence-electron chi connectivity index (χ2n) is 6.82. The van der Waals surface area contributed by atoms with Gasteiger partial charge in [-0.15, -0.1) is 0 Å². The maximum absolute atomic E-state index is 12.6. The van der Waals surface area contributed by atoms with Gasteiger partial charge in [0.1, 0.15) is 5.69 Å². The number of aromatic nitrogens is 1. The molecule has 0 atom stereocenters. The Bertz CT molecular complexity index is 695. The van der Waals surface area contributed by atoms with Crippen LogP contribution in [0.3, 0.4) is 0 Å². The maximum Gasteiger partial charge on any atom is 0.268 e. The largest absolute Gasteiger partial charge is 0.463 e. The summed E-state index contributed by atoms with van der Waals surface area (Å²) in [6, 6.07) is 3.83. The zero-order chi connectivity index (χ0) is 16.4. The highest BCUT2D eigenvalue weighted by molar-refractivity contribution is 5.97. The Kier molecular flexibility index (Phi) is 4.58. The Morgan fingerprint density at radius 1 is 1.29 bits per heavy atom. The molecule has 0 radical (unpaired) electrons. The van der Waals surface area contributed by atoms with Crippen LogP contribution in [-0.2, 0) is 11.3 Å². The number of morpholine rings is 1. The number of carbonyl (C=O) groups is 1. The quantitative estimate of drug-likeness (QED) is 0.881. The molecule has 2 aromatic heterocycles. The Hall–Kier alpha value is -1.79. The van der Waals surface area contributed by atoms with Gasteiger partial charge in [0, 0.05) is 44.9 Å². The molecule has 1 amide bonds. The minimum atomic E-state index is -0.00557. The van der Waals surface area contributed by atoms with Crippen LogP contribution in [0.15, 0.2) is 22.8 Å². The lowest BCUT2D eigenvalue weighted by molar-refractivity contribution is 0.0383. The molecule has 1 N–H and O–H groups in total. The molecule has 1 saturated heterocycles. The SMILES string of the molecule is O=C(NCCN1CCOCC1)c1cc2occc2n1CC1CCC1. The molecule has 1 saturated carbocycles. The van der Waals surface area contributed by atoms with E-state index in [1.165, 1.54) is 19.3 Å². The van der Waals surface area contributed by atoms with Crippen LogP contribution >= 0.6 is 0 Å². The average molecular weight is 331 g/mol. The number of rotatable bonds is 6. The molecule has 2 fully saturated rings. The molecule has 3 heterocycles. The molecule has 2 aliphatic rings. The van der Waals surface area contributed by atoms with E-state index in [4.69, 9.17) is 9.15 Å². The van der Waals surface area contributed by atoms with Crippen LogP contribution in [0, 0.1) is 5.92 Å². The number of hydrogen-bond donors (Lipinski definition) is 1. The van der Waals surface area contributed by atoms with Gasteiger partial charge in [-0.2, -0.15) is 0 Å². The number of fused-ring (bicyclic) bond motifs is 1. The Labute approximate surface area is 141 Å². The minimum Gasteiger partial charge on any atom is -0.463 e. The lowest BCUT2D eigenvalue weighted by atomic mass is 9.85. The van der Waals surface area contributed by atoms with Crippen molar-refractivity contribution in [3.8, 4) is 0 Å². The molecule has 1 aliphatic heterocycles. The average Bonchev–Trinajstić information content (AvgIpc) is 3.13. The molecule has 4 rings (SSSR count). The highest BCUT2D eigenvalue weighted by Crippen LogP contribution is 2.31. The van der Waals surface area contributed by atoms with Crippen molar-refractivity contribution < 1.29 is 13.9 Å². The van der Waals surface area contributed by atoms with Crippen LogP contribution in [0.25, 0.3) is 11.1 Å². The summed E-state index contributed by atoms with van der Waals surface area (Å²) in [5.74, 6) is 0.685. The van der Waals surface area contributed by atoms with E-state index < -0.39 is 0 Å². The van der Waals surface area contributed by atoms with Crippen LogP contribution in [0.4, 0.5) is 0 Å². The molecule has 0 unspecified atom stereocenters. The van der Waals surface area contributed by atoms with Crippen LogP contribution < -0.4 is 5.32 Å². The first-order valence-corrected chi connectivity index (χ1v) is 8.96. The fraction of sp³-hybridized carbons (Fsp3) is 0.611. The highest BCUT2D eigenvalue weighted by Gasteiger charge is 2.23. The summed E-state index contributed by atoms with van der Waals surface area (Å²) in [5.41, 5.74) is 2.55. The number of amides is 1. The summed E-state index contributed by atoms with van der Waals surface area (Å²) in [6.07, 6.45) is 5.52. The van der Waals surface area contributed by atoms with Gasteiger partial charge in [-0.3, -0.25) is 9.69 Å². The van der Waals surface area contributed by atoms with Gasteiger partial charge in [0.05, 0.1) is 25.0 Å². The maximum atomic E-state index is 12.6. The van der Waals surface area contributed by atoms with Gasteiger partial charge in [-0.1, -0.05) is 6.42 Å². The first-order valence-electron chi connectivity index (χ1n) is 8.96. The number of ether oxygens (including phenoxy) is 1. The number of furan rings is 1. The number of nitrogens with zero attached hydrogens (tertiary/aromatic N) is 2. The predicted octanol–water partition coefficient (Wildman–Crippen LogP) is 2.10. The summed E-state index contributed by atoms with van der Waals surface area (Å²) in [6.45, 7) is 5.91. The molecule has 24 heavy (non-hydrogen) atoms. The Morgan fingerprint density at radius 3 is 2.88 bits per heavy atom. The van der Waals surface area contributed by atoms with Crippen LogP contribution in [0.5, 0.6) is 0 Å². The summed E-state index contributed by atoms with van der Waals surface area (Å²) in [5, 5.41) is 3.06. The second kappa shape index (κ2) is 6.99. The fourth-order valence-corrected chi connectivity index (χ4v) is 3.54. The van der Waals surface area contributed by atoms with E-state index in [1.54, 1.807) is 6.26 Å². The molecular formula is C18H25N3O3. The van der Waals surface area contributed by atoms with Gasteiger partial charge in [0.25, 0.3) is 5.91 Å². The van der Waals surface area contributed by atoms with Crippen molar-refractivity contribution in [1.29, 1.82) is 0 Å². The Morgan fingerprint density at radius 2 is 2.12 bits per heavy atom. The van der Waals surface area contributed by atoms with E-state index in [-0.39, 0.29) is 5.91 Å². The number of carbonyl (C=O) groups excluding carboxylic acids is 1. The van der Waals surface area contributed by atoms with Crippen LogP contribution in [0.1, 0.15) is 29.8 Å². The Balaban J connectivity index is 1.41. The molecule has 0 bridgehead atoms. The van der Waals surface area contributed by atoms with Crippen molar-refractivity contribution in [3.63, 3.8) is 0 Å². The molecule has 0 aromatic carbocycles. The summed E-state index contributed by atoms with van der Waals surface area (Å²) in [7, 11) is 0. The summed E-state index contributed by atoms with van der Waals surface area (Å²) in [4.78, 5) is 15.0. The van der Waals surface area contributed by atoms with Gasteiger partial charge < -0.3 is 19.0 Å². The summed E-state index contributed by atoms with van der Waals surface area (Å²) >= 11 is 0. The van der Waals surface area contributed by atoms with E-state index in [1.807, 2.05) is 12.1 Å².